The maximum atomic E-state index is 12.6. The first-order valence-corrected chi connectivity index (χ1v) is 8.95. The Hall–Kier alpha value is -2.35. The van der Waals surface area contributed by atoms with Crippen LogP contribution in [-0.2, 0) is 10.0 Å². The van der Waals surface area contributed by atoms with Gasteiger partial charge >= 0.3 is 0 Å². The third-order valence-electron chi connectivity index (χ3n) is 3.47. The summed E-state index contributed by atoms with van der Waals surface area (Å²) in [5.74, 6) is -0.174. The average Bonchev–Trinajstić information content (AvgIpc) is 2.91. The second-order valence-electron chi connectivity index (χ2n) is 5.25. The van der Waals surface area contributed by atoms with Gasteiger partial charge in [0.1, 0.15) is 0 Å². The predicted octanol–water partition coefficient (Wildman–Crippen LogP) is 1.83. The number of hydrazone groups is 1. The Balaban J connectivity index is 2.57. The zero-order valence-electron chi connectivity index (χ0n) is 13.2. The van der Waals surface area contributed by atoms with Crippen LogP contribution in [0.5, 0.6) is 0 Å². The van der Waals surface area contributed by atoms with Gasteiger partial charge in [-0.2, -0.15) is 5.10 Å². The van der Waals surface area contributed by atoms with Gasteiger partial charge in [-0.25, -0.2) is 17.8 Å². The minimum atomic E-state index is -3.42. The molecule has 0 radical (unpaired) electrons. The Kier molecular flexibility index (Phi) is 5.05. The first-order valence-electron chi connectivity index (χ1n) is 7.35. The van der Waals surface area contributed by atoms with Crippen molar-refractivity contribution in [2.45, 2.75) is 26.7 Å². The Labute approximate surface area is 135 Å². The SMILES string of the molecule is CCCCS(=O)(=O)n1cc(/C(C)=N\NC(=N)N)c2ccccc21. The molecule has 0 bridgehead atoms. The number of hydrogen-bond acceptors (Lipinski definition) is 4. The quantitative estimate of drug-likeness (QED) is 0.424. The van der Waals surface area contributed by atoms with Crippen molar-refractivity contribution in [3.05, 3.63) is 36.0 Å². The summed E-state index contributed by atoms with van der Waals surface area (Å²) in [4.78, 5) is 0. The fraction of sp³-hybridized carbons (Fsp3) is 0.333. The van der Waals surface area contributed by atoms with Crippen LogP contribution in [0.3, 0.4) is 0 Å². The first-order chi connectivity index (χ1) is 10.9. The molecule has 8 heteroatoms. The van der Waals surface area contributed by atoms with Crippen molar-refractivity contribution < 1.29 is 8.42 Å². The van der Waals surface area contributed by atoms with Crippen molar-refractivity contribution >= 4 is 32.6 Å². The molecule has 0 unspecified atom stereocenters. The van der Waals surface area contributed by atoms with E-state index >= 15 is 0 Å². The molecule has 1 aromatic heterocycles. The molecule has 0 aliphatic carbocycles. The van der Waals surface area contributed by atoms with E-state index in [2.05, 4.69) is 10.5 Å². The van der Waals surface area contributed by atoms with Gasteiger partial charge in [0.05, 0.1) is 17.0 Å². The van der Waals surface area contributed by atoms with Crippen molar-refractivity contribution in [3.8, 4) is 0 Å². The highest BCUT2D eigenvalue weighted by molar-refractivity contribution is 7.90. The minimum absolute atomic E-state index is 0.101. The van der Waals surface area contributed by atoms with Crippen molar-refractivity contribution in [1.29, 1.82) is 5.41 Å². The van der Waals surface area contributed by atoms with E-state index in [4.69, 9.17) is 11.1 Å². The normalized spacial score (nSPS) is 12.5. The number of benzene rings is 1. The van der Waals surface area contributed by atoms with Gasteiger partial charge < -0.3 is 5.73 Å². The van der Waals surface area contributed by atoms with Crippen molar-refractivity contribution in [1.82, 2.24) is 9.40 Å². The number of aromatic nitrogens is 1. The lowest BCUT2D eigenvalue weighted by molar-refractivity contribution is 0.585. The predicted molar refractivity (Wildman–Crippen MR) is 93.3 cm³/mol. The van der Waals surface area contributed by atoms with E-state index < -0.39 is 10.0 Å². The molecule has 2 aromatic rings. The van der Waals surface area contributed by atoms with E-state index in [1.165, 1.54) is 3.97 Å². The maximum absolute atomic E-state index is 12.6. The number of hydrogen-bond donors (Lipinski definition) is 3. The number of fused-ring (bicyclic) bond motifs is 1. The van der Waals surface area contributed by atoms with Crippen LogP contribution < -0.4 is 11.2 Å². The van der Waals surface area contributed by atoms with E-state index in [1.807, 2.05) is 19.1 Å². The molecule has 23 heavy (non-hydrogen) atoms. The number of nitrogens with one attached hydrogen (secondary N) is 2. The van der Waals surface area contributed by atoms with Gasteiger partial charge in [-0.1, -0.05) is 31.5 Å². The van der Waals surface area contributed by atoms with E-state index in [1.54, 1.807) is 25.3 Å². The summed E-state index contributed by atoms with van der Waals surface area (Å²) < 4.78 is 26.4. The second kappa shape index (κ2) is 6.82. The van der Waals surface area contributed by atoms with Crippen LogP contribution in [0, 0.1) is 5.41 Å². The third-order valence-corrected chi connectivity index (χ3v) is 5.17. The third kappa shape index (κ3) is 3.70. The molecule has 7 nitrogen and oxygen atoms in total. The van der Waals surface area contributed by atoms with Crippen LogP contribution >= 0.6 is 0 Å². The monoisotopic (exact) mass is 335 g/mol. The van der Waals surface area contributed by atoms with Crippen LogP contribution in [0.1, 0.15) is 32.3 Å². The highest BCUT2D eigenvalue weighted by atomic mass is 32.2. The van der Waals surface area contributed by atoms with Gasteiger partial charge in [0.25, 0.3) is 0 Å². The van der Waals surface area contributed by atoms with E-state index in [0.717, 1.165) is 11.8 Å². The number of rotatable bonds is 6. The lowest BCUT2D eigenvalue weighted by Crippen LogP contribution is -2.26. The zero-order valence-corrected chi connectivity index (χ0v) is 14.0. The smallest absolute Gasteiger partial charge is 0.238 e. The molecule has 1 heterocycles. The summed E-state index contributed by atoms with van der Waals surface area (Å²) in [6, 6.07) is 7.27. The lowest BCUT2D eigenvalue weighted by Gasteiger charge is -2.06. The van der Waals surface area contributed by atoms with Crippen LogP contribution in [0.2, 0.25) is 0 Å². The fourth-order valence-corrected chi connectivity index (χ4v) is 3.87. The number of unbranched alkanes of at least 4 members (excludes halogenated alkanes) is 1. The zero-order chi connectivity index (χ0) is 17.0. The summed E-state index contributed by atoms with van der Waals surface area (Å²) in [6.45, 7) is 3.69. The molecule has 2 rings (SSSR count). The highest BCUT2D eigenvalue weighted by Crippen LogP contribution is 2.24. The van der Waals surface area contributed by atoms with Crippen molar-refractivity contribution in [2.24, 2.45) is 10.8 Å². The Morgan fingerprint density at radius 2 is 2.09 bits per heavy atom. The summed E-state index contributed by atoms with van der Waals surface area (Å²) in [5, 5.41) is 12.0. The van der Waals surface area contributed by atoms with Crippen LogP contribution in [0.4, 0.5) is 0 Å². The minimum Gasteiger partial charge on any atom is -0.369 e. The average molecular weight is 335 g/mol. The molecule has 0 aliphatic rings. The Bertz CT molecular complexity index is 852. The number of guanidine groups is 1. The molecule has 1 aromatic carbocycles. The van der Waals surface area contributed by atoms with E-state index in [9.17, 15) is 8.42 Å². The molecule has 0 spiro atoms. The van der Waals surface area contributed by atoms with Gasteiger partial charge in [0.2, 0.25) is 16.0 Å². The summed E-state index contributed by atoms with van der Waals surface area (Å²) in [5.41, 5.74) is 9.47. The van der Waals surface area contributed by atoms with Crippen molar-refractivity contribution in [3.63, 3.8) is 0 Å². The first kappa shape index (κ1) is 17.0. The molecule has 124 valence electrons. The number of nitrogens with two attached hydrogens (primary N) is 1. The second-order valence-corrected chi connectivity index (χ2v) is 7.21. The van der Waals surface area contributed by atoms with E-state index in [0.29, 0.717) is 23.2 Å². The molecule has 0 amide bonds. The lowest BCUT2D eigenvalue weighted by atomic mass is 10.1. The van der Waals surface area contributed by atoms with Gasteiger partial charge in [0.15, 0.2) is 0 Å². The van der Waals surface area contributed by atoms with Crippen molar-refractivity contribution in [2.75, 3.05) is 5.75 Å². The maximum Gasteiger partial charge on any atom is 0.238 e. The Morgan fingerprint density at radius 3 is 2.74 bits per heavy atom. The van der Waals surface area contributed by atoms with E-state index in [-0.39, 0.29) is 11.7 Å². The number of para-hydroxylation sites is 1. The molecule has 0 aliphatic heterocycles. The molecule has 4 N–H and O–H groups in total. The fourth-order valence-electron chi connectivity index (χ4n) is 2.30. The standard InChI is InChI=1S/C15H21N5O2S/c1-3-4-9-23(21,22)20-10-13(11(2)18-19-15(16)17)12-7-5-6-8-14(12)20/h5-8,10H,3-4,9H2,1-2H3,(H4,16,17,19)/b18-11-. The van der Waals surface area contributed by atoms with Crippen LogP contribution in [0.25, 0.3) is 10.9 Å². The van der Waals surface area contributed by atoms with Gasteiger partial charge in [0, 0.05) is 17.1 Å². The summed E-state index contributed by atoms with van der Waals surface area (Å²) in [7, 11) is -3.42. The molecule has 0 fully saturated rings. The molecule has 0 atom stereocenters. The molecule has 0 saturated heterocycles. The highest BCUT2D eigenvalue weighted by Gasteiger charge is 2.19. The Morgan fingerprint density at radius 1 is 1.39 bits per heavy atom. The van der Waals surface area contributed by atoms with Gasteiger partial charge in [-0.3, -0.25) is 5.41 Å². The van der Waals surface area contributed by atoms with Crippen LogP contribution in [-0.4, -0.2) is 29.8 Å². The molecular weight excluding hydrogens is 314 g/mol. The molecule has 0 saturated carbocycles. The largest absolute Gasteiger partial charge is 0.369 e. The molecular formula is C15H21N5O2S. The number of nitrogens with zero attached hydrogens (tertiary/aromatic N) is 2. The summed E-state index contributed by atoms with van der Waals surface area (Å²) in [6.07, 6.45) is 3.01. The van der Waals surface area contributed by atoms with Gasteiger partial charge in [-0.05, 0) is 19.4 Å². The van der Waals surface area contributed by atoms with Gasteiger partial charge in [-0.15, -0.1) is 0 Å². The topological polar surface area (TPSA) is 113 Å². The van der Waals surface area contributed by atoms with Crippen LogP contribution in [0.15, 0.2) is 35.6 Å². The summed E-state index contributed by atoms with van der Waals surface area (Å²) >= 11 is 0.